The van der Waals surface area contributed by atoms with Crippen LogP contribution in [0, 0.1) is 11.8 Å². The Balaban J connectivity index is 1.34. The second kappa shape index (κ2) is 11.1. The maximum Gasteiger partial charge on any atom is 0.416 e. The van der Waals surface area contributed by atoms with Crippen LogP contribution >= 0.6 is 0 Å². The lowest BCUT2D eigenvalue weighted by Crippen LogP contribution is -2.58. The molecule has 0 bridgehead atoms. The van der Waals surface area contributed by atoms with E-state index < -0.39 is 11.7 Å². The molecule has 3 fully saturated rings. The highest BCUT2D eigenvalue weighted by atomic mass is 19.4. The van der Waals surface area contributed by atoms with Crippen molar-refractivity contribution in [1.82, 2.24) is 15.1 Å². The van der Waals surface area contributed by atoms with Crippen LogP contribution in [0.3, 0.4) is 0 Å². The SMILES string of the molecule is O=C(NCC1CCCCC1)[C@@H](C1CCCC1)N1CCN(C(=O)c2ccc(C(F)(F)F)cc2)CC1. The molecule has 5 nitrogen and oxygen atoms in total. The predicted octanol–water partition coefficient (Wildman–Crippen LogP) is 4.72. The van der Waals surface area contributed by atoms with E-state index >= 15 is 0 Å². The molecule has 1 aromatic rings. The van der Waals surface area contributed by atoms with E-state index in [4.69, 9.17) is 0 Å². The Morgan fingerprint density at radius 3 is 2.06 bits per heavy atom. The zero-order valence-corrected chi connectivity index (χ0v) is 19.8. The molecule has 1 aliphatic heterocycles. The highest BCUT2D eigenvalue weighted by Gasteiger charge is 2.37. The quantitative estimate of drug-likeness (QED) is 0.643. The van der Waals surface area contributed by atoms with Gasteiger partial charge in [0.2, 0.25) is 5.91 Å². The summed E-state index contributed by atoms with van der Waals surface area (Å²) in [5.41, 5.74) is -0.494. The molecule has 2 saturated carbocycles. The molecule has 1 heterocycles. The van der Waals surface area contributed by atoms with Gasteiger partial charge in [0.1, 0.15) is 0 Å². The molecular weight excluding hydrogens is 443 g/mol. The topological polar surface area (TPSA) is 52.7 Å². The summed E-state index contributed by atoms with van der Waals surface area (Å²) in [5.74, 6) is 0.802. The largest absolute Gasteiger partial charge is 0.416 e. The number of nitrogens with one attached hydrogen (secondary N) is 1. The van der Waals surface area contributed by atoms with Gasteiger partial charge < -0.3 is 10.2 Å². The molecule has 3 aliphatic rings. The molecule has 0 spiro atoms. The van der Waals surface area contributed by atoms with Gasteiger partial charge in [0, 0.05) is 38.3 Å². The fraction of sp³-hybridized carbons (Fsp3) is 0.692. The molecule has 1 aromatic carbocycles. The van der Waals surface area contributed by atoms with Crippen molar-refractivity contribution in [3.8, 4) is 0 Å². The third-order valence-electron chi connectivity index (χ3n) is 7.86. The minimum Gasteiger partial charge on any atom is -0.354 e. The first-order valence-electron chi connectivity index (χ1n) is 12.8. The molecule has 4 rings (SSSR count). The summed E-state index contributed by atoms with van der Waals surface area (Å²) in [6.07, 6.45) is 6.21. The lowest BCUT2D eigenvalue weighted by Gasteiger charge is -2.41. The molecule has 0 aromatic heterocycles. The molecule has 2 aliphatic carbocycles. The number of carbonyl (C=O) groups is 2. The van der Waals surface area contributed by atoms with Gasteiger partial charge in [-0.1, -0.05) is 32.1 Å². The number of benzene rings is 1. The molecule has 1 saturated heterocycles. The number of halogens is 3. The van der Waals surface area contributed by atoms with Crippen LogP contribution in [0.1, 0.15) is 73.7 Å². The predicted molar refractivity (Wildman–Crippen MR) is 124 cm³/mol. The highest BCUT2D eigenvalue weighted by Crippen LogP contribution is 2.32. The van der Waals surface area contributed by atoms with Gasteiger partial charge in [0.15, 0.2) is 0 Å². The first kappa shape index (κ1) is 25.0. The van der Waals surface area contributed by atoms with E-state index in [0.29, 0.717) is 38.0 Å². The van der Waals surface area contributed by atoms with Crippen molar-refractivity contribution in [2.45, 2.75) is 70.0 Å². The number of hydrogen-bond donors (Lipinski definition) is 1. The van der Waals surface area contributed by atoms with E-state index in [0.717, 1.165) is 44.4 Å². The first-order chi connectivity index (χ1) is 16.3. The van der Waals surface area contributed by atoms with Crippen molar-refractivity contribution in [2.24, 2.45) is 11.8 Å². The van der Waals surface area contributed by atoms with Crippen molar-refractivity contribution in [3.05, 3.63) is 35.4 Å². The molecule has 2 amide bonds. The Kier molecular flexibility index (Phi) is 8.17. The number of carbonyl (C=O) groups excluding carboxylic acids is 2. The van der Waals surface area contributed by atoms with Crippen LogP contribution in [0.4, 0.5) is 13.2 Å². The van der Waals surface area contributed by atoms with E-state index in [9.17, 15) is 22.8 Å². The van der Waals surface area contributed by atoms with Crippen LogP contribution < -0.4 is 5.32 Å². The minimum atomic E-state index is -4.42. The monoisotopic (exact) mass is 479 g/mol. The fourth-order valence-corrected chi connectivity index (χ4v) is 5.88. The van der Waals surface area contributed by atoms with Gasteiger partial charge in [0.05, 0.1) is 11.6 Å². The molecule has 188 valence electrons. The second-order valence-corrected chi connectivity index (χ2v) is 10.1. The number of nitrogens with zero attached hydrogens (tertiary/aromatic N) is 2. The standard InChI is InChI=1S/C26H36F3N3O2/c27-26(28,29)22-12-10-21(11-13-22)25(34)32-16-14-31(15-17-32)23(20-8-4-5-9-20)24(33)30-18-19-6-2-1-3-7-19/h10-13,19-20,23H,1-9,14-18H2,(H,30,33)/t23-/m1/s1. The number of amides is 2. The summed E-state index contributed by atoms with van der Waals surface area (Å²) >= 11 is 0. The van der Waals surface area contributed by atoms with Crippen molar-refractivity contribution in [2.75, 3.05) is 32.7 Å². The smallest absolute Gasteiger partial charge is 0.354 e. The maximum atomic E-state index is 13.3. The highest BCUT2D eigenvalue weighted by molar-refractivity contribution is 5.94. The molecule has 0 unspecified atom stereocenters. The summed E-state index contributed by atoms with van der Waals surface area (Å²) in [7, 11) is 0. The molecular formula is C26H36F3N3O2. The van der Waals surface area contributed by atoms with Gasteiger partial charge in [-0.25, -0.2) is 0 Å². The third kappa shape index (κ3) is 6.12. The van der Waals surface area contributed by atoms with E-state index in [1.54, 1.807) is 4.90 Å². The van der Waals surface area contributed by atoms with E-state index in [1.165, 1.54) is 44.2 Å². The fourth-order valence-electron chi connectivity index (χ4n) is 5.88. The van der Waals surface area contributed by atoms with Crippen molar-refractivity contribution < 1.29 is 22.8 Å². The molecule has 34 heavy (non-hydrogen) atoms. The van der Waals surface area contributed by atoms with Gasteiger partial charge in [-0.15, -0.1) is 0 Å². The Bertz CT molecular complexity index is 823. The average Bonchev–Trinajstić information content (AvgIpc) is 3.37. The average molecular weight is 480 g/mol. The summed E-state index contributed by atoms with van der Waals surface area (Å²) < 4.78 is 38.4. The van der Waals surface area contributed by atoms with Crippen molar-refractivity contribution >= 4 is 11.8 Å². The Morgan fingerprint density at radius 1 is 0.882 bits per heavy atom. The Hall–Kier alpha value is -2.09. The van der Waals surface area contributed by atoms with Crippen molar-refractivity contribution in [1.29, 1.82) is 0 Å². The lowest BCUT2D eigenvalue weighted by molar-refractivity contribution is -0.137. The minimum absolute atomic E-state index is 0.125. The summed E-state index contributed by atoms with van der Waals surface area (Å²) in [6.45, 7) is 2.90. The van der Waals surface area contributed by atoms with Crippen LogP contribution in [0.25, 0.3) is 0 Å². The zero-order chi connectivity index (χ0) is 24.1. The van der Waals surface area contributed by atoms with E-state index in [2.05, 4.69) is 10.2 Å². The normalized spacial score (nSPS) is 22.0. The molecule has 1 N–H and O–H groups in total. The summed E-state index contributed by atoms with van der Waals surface area (Å²) in [4.78, 5) is 30.1. The molecule has 8 heteroatoms. The second-order valence-electron chi connectivity index (χ2n) is 10.1. The number of piperazine rings is 1. The van der Waals surface area contributed by atoms with Crippen molar-refractivity contribution in [3.63, 3.8) is 0 Å². The van der Waals surface area contributed by atoms with E-state index in [-0.39, 0.29) is 23.4 Å². The van der Waals surface area contributed by atoms with Gasteiger partial charge >= 0.3 is 6.18 Å². The van der Waals surface area contributed by atoms with Gasteiger partial charge in [0.25, 0.3) is 5.91 Å². The van der Waals surface area contributed by atoms with Crippen LogP contribution in [-0.4, -0.2) is 60.4 Å². The Morgan fingerprint density at radius 2 is 1.47 bits per heavy atom. The number of rotatable bonds is 6. The van der Waals surface area contributed by atoms with Gasteiger partial charge in [-0.3, -0.25) is 14.5 Å². The van der Waals surface area contributed by atoms with Crippen LogP contribution in [0.2, 0.25) is 0 Å². The van der Waals surface area contributed by atoms with Crippen LogP contribution in [0.15, 0.2) is 24.3 Å². The summed E-state index contributed by atoms with van der Waals surface area (Å²) in [6, 6.07) is 4.25. The van der Waals surface area contributed by atoms with E-state index in [1.807, 2.05) is 0 Å². The maximum absolute atomic E-state index is 13.3. The van der Waals surface area contributed by atoms with Gasteiger partial charge in [-0.05, 0) is 61.8 Å². The number of hydrogen-bond acceptors (Lipinski definition) is 3. The molecule has 0 radical (unpaired) electrons. The summed E-state index contributed by atoms with van der Waals surface area (Å²) in [5, 5.41) is 3.25. The third-order valence-corrected chi connectivity index (χ3v) is 7.86. The Labute approximate surface area is 200 Å². The first-order valence-corrected chi connectivity index (χ1v) is 12.8. The van der Waals surface area contributed by atoms with Crippen LogP contribution in [-0.2, 0) is 11.0 Å². The zero-order valence-electron chi connectivity index (χ0n) is 19.8. The lowest BCUT2D eigenvalue weighted by atomic mass is 9.89. The number of alkyl halides is 3. The van der Waals surface area contributed by atoms with Crippen LogP contribution in [0.5, 0.6) is 0 Å². The van der Waals surface area contributed by atoms with Gasteiger partial charge in [-0.2, -0.15) is 13.2 Å². The molecule has 1 atom stereocenters.